The van der Waals surface area contributed by atoms with Gasteiger partial charge in [0.25, 0.3) is 0 Å². The van der Waals surface area contributed by atoms with Gasteiger partial charge in [-0.3, -0.25) is 0 Å². The lowest BCUT2D eigenvalue weighted by Crippen LogP contribution is -2.37. The summed E-state index contributed by atoms with van der Waals surface area (Å²) in [6.07, 6.45) is 0. The molecule has 96 valence electrons. The van der Waals surface area contributed by atoms with Crippen molar-refractivity contribution in [3.8, 4) is 5.75 Å². The fraction of sp³-hybridized carbons (Fsp3) is 0.571. The second-order valence-electron chi connectivity index (χ2n) is 5.16. The molecule has 2 atom stereocenters. The van der Waals surface area contributed by atoms with Gasteiger partial charge in [0.2, 0.25) is 0 Å². The van der Waals surface area contributed by atoms with E-state index in [0.717, 1.165) is 11.3 Å². The molecule has 0 aliphatic heterocycles. The van der Waals surface area contributed by atoms with Crippen molar-refractivity contribution in [3.63, 3.8) is 0 Å². The van der Waals surface area contributed by atoms with Crippen molar-refractivity contribution in [1.82, 2.24) is 0 Å². The SMILES string of the molecule is CC(C)C(C)(O)COc1cccc([C@@H](C)N)c1. The number of benzene rings is 1. The van der Waals surface area contributed by atoms with Gasteiger partial charge in [-0.2, -0.15) is 0 Å². The van der Waals surface area contributed by atoms with Gasteiger partial charge in [-0.25, -0.2) is 0 Å². The van der Waals surface area contributed by atoms with Crippen LogP contribution in [0.15, 0.2) is 24.3 Å². The van der Waals surface area contributed by atoms with E-state index in [4.69, 9.17) is 10.5 Å². The largest absolute Gasteiger partial charge is 0.491 e. The second-order valence-corrected chi connectivity index (χ2v) is 5.16. The first kappa shape index (κ1) is 14.0. The Morgan fingerprint density at radius 2 is 2.00 bits per heavy atom. The van der Waals surface area contributed by atoms with E-state index in [2.05, 4.69) is 0 Å². The molecular weight excluding hydrogens is 214 g/mol. The molecule has 1 rings (SSSR count). The second kappa shape index (κ2) is 5.52. The van der Waals surface area contributed by atoms with Crippen LogP contribution in [-0.4, -0.2) is 17.3 Å². The minimum atomic E-state index is -0.815. The minimum Gasteiger partial charge on any atom is -0.491 e. The molecule has 0 aliphatic rings. The van der Waals surface area contributed by atoms with Gasteiger partial charge in [-0.1, -0.05) is 26.0 Å². The lowest BCUT2D eigenvalue weighted by atomic mass is 9.94. The van der Waals surface area contributed by atoms with E-state index in [-0.39, 0.29) is 18.6 Å². The van der Waals surface area contributed by atoms with Crippen molar-refractivity contribution in [1.29, 1.82) is 0 Å². The molecule has 3 N–H and O–H groups in total. The Labute approximate surface area is 104 Å². The van der Waals surface area contributed by atoms with Gasteiger partial charge in [0.1, 0.15) is 12.4 Å². The number of hydrogen-bond donors (Lipinski definition) is 2. The molecule has 0 saturated carbocycles. The van der Waals surface area contributed by atoms with E-state index in [1.165, 1.54) is 0 Å². The maximum absolute atomic E-state index is 10.1. The van der Waals surface area contributed by atoms with Crippen molar-refractivity contribution >= 4 is 0 Å². The Morgan fingerprint density at radius 3 is 2.53 bits per heavy atom. The first-order chi connectivity index (χ1) is 7.83. The van der Waals surface area contributed by atoms with E-state index < -0.39 is 5.60 Å². The fourth-order valence-electron chi connectivity index (χ4n) is 1.28. The van der Waals surface area contributed by atoms with Gasteiger partial charge in [0.05, 0.1) is 5.60 Å². The summed E-state index contributed by atoms with van der Waals surface area (Å²) in [6.45, 7) is 7.95. The van der Waals surface area contributed by atoms with Gasteiger partial charge in [0.15, 0.2) is 0 Å². The summed E-state index contributed by atoms with van der Waals surface area (Å²) >= 11 is 0. The molecule has 3 nitrogen and oxygen atoms in total. The monoisotopic (exact) mass is 237 g/mol. The minimum absolute atomic E-state index is 0.0100. The predicted octanol–water partition coefficient (Wildman–Crippen LogP) is 2.49. The van der Waals surface area contributed by atoms with Gasteiger partial charge < -0.3 is 15.6 Å². The molecule has 0 radical (unpaired) electrons. The average molecular weight is 237 g/mol. The smallest absolute Gasteiger partial charge is 0.119 e. The molecule has 0 amide bonds. The van der Waals surface area contributed by atoms with Crippen LogP contribution in [0, 0.1) is 5.92 Å². The molecule has 0 aliphatic carbocycles. The van der Waals surface area contributed by atoms with Crippen LogP contribution in [0.25, 0.3) is 0 Å². The third kappa shape index (κ3) is 4.02. The van der Waals surface area contributed by atoms with Crippen LogP contribution in [0.3, 0.4) is 0 Å². The van der Waals surface area contributed by atoms with E-state index in [0.29, 0.717) is 0 Å². The average Bonchev–Trinajstić information content (AvgIpc) is 2.26. The van der Waals surface area contributed by atoms with Crippen LogP contribution in [0.5, 0.6) is 5.75 Å². The third-order valence-electron chi connectivity index (χ3n) is 3.16. The quantitative estimate of drug-likeness (QED) is 0.827. The van der Waals surface area contributed by atoms with Gasteiger partial charge in [-0.15, -0.1) is 0 Å². The summed E-state index contributed by atoms with van der Waals surface area (Å²) in [7, 11) is 0. The van der Waals surface area contributed by atoms with Crippen molar-refractivity contribution in [2.45, 2.75) is 39.3 Å². The highest BCUT2D eigenvalue weighted by Gasteiger charge is 2.25. The first-order valence-electron chi connectivity index (χ1n) is 6.03. The van der Waals surface area contributed by atoms with Crippen molar-refractivity contribution in [2.24, 2.45) is 11.7 Å². The molecule has 0 fully saturated rings. The summed E-state index contributed by atoms with van der Waals surface area (Å²) in [5, 5.41) is 10.1. The molecule has 0 saturated heterocycles. The fourth-order valence-corrected chi connectivity index (χ4v) is 1.28. The molecule has 1 unspecified atom stereocenters. The molecule has 3 heteroatoms. The maximum atomic E-state index is 10.1. The summed E-state index contributed by atoms with van der Waals surface area (Å²) in [4.78, 5) is 0. The van der Waals surface area contributed by atoms with Crippen LogP contribution in [0.1, 0.15) is 39.3 Å². The normalized spacial score (nSPS) is 16.6. The molecule has 0 spiro atoms. The number of rotatable bonds is 5. The lowest BCUT2D eigenvalue weighted by Gasteiger charge is -2.27. The number of ether oxygens (including phenoxy) is 1. The van der Waals surface area contributed by atoms with E-state index in [9.17, 15) is 5.11 Å². The van der Waals surface area contributed by atoms with Crippen LogP contribution in [-0.2, 0) is 0 Å². The number of nitrogens with two attached hydrogens (primary N) is 1. The Morgan fingerprint density at radius 1 is 1.35 bits per heavy atom. The zero-order valence-electron chi connectivity index (χ0n) is 11.1. The van der Waals surface area contributed by atoms with E-state index in [1.807, 2.05) is 45.0 Å². The molecular formula is C14H23NO2. The Kier molecular flexibility index (Phi) is 4.54. The molecule has 17 heavy (non-hydrogen) atoms. The first-order valence-corrected chi connectivity index (χ1v) is 6.03. The topological polar surface area (TPSA) is 55.5 Å². The van der Waals surface area contributed by atoms with E-state index in [1.54, 1.807) is 6.92 Å². The Hall–Kier alpha value is -1.06. The predicted molar refractivity (Wildman–Crippen MR) is 70.0 cm³/mol. The third-order valence-corrected chi connectivity index (χ3v) is 3.16. The molecule has 1 aromatic rings. The molecule has 1 aromatic carbocycles. The summed E-state index contributed by atoms with van der Waals surface area (Å²) in [5.41, 5.74) is 6.03. The van der Waals surface area contributed by atoms with Crippen molar-refractivity contribution < 1.29 is 9.84 Å². The highest BCUT2D eigenvalue weighted by molar-refractivity contribution is 5.30. The lowest BCUT2D eigenvalue weighted by molar-refractivity contribution is -0.0266. The molecule has 0 heterocycles. The zero-order valence-corrected chi connectivity index (χ0v) is 11.1. The van der Waals surface area contributed by atoms with Gasteiger partial charge in [0, 0.05) is 6.04 Å². The Bertz CT molecular complexity index is 359. The van der Waals surface area contributed by atoms with Crippen molar-refractivity contribution in [3.05, 3.63) is 29.8 Å². The summed E-state index contributed by atoms with van der Waals surface area (Å²) in [5.74, 6) is 0.903. The molecule has 0 bridgehead atoms. The molecule has 0 aromatic heterocycles. The number of hydrogen-bond acceptors (Lipinski definition) is 3. The van der Waals surface area contributed by atoms with Gasteiger partial charge >= 0.3 is 0 Å². The van der Waals surface area contributed by atoms with Crippen LogP contribution < -0.4 is 10.5 Å². The van der Waals surface area contributed by atoms with Crippen LogP contribution in [0.2, 0.25) is 0 Å². The highest BCUT2D eigenvalue weighted by atomic mass is 16.5. The summed E-state index contributed by atoms with van der Waals surface area (Å²) in [6, 6.07) is 7.67. The van der Waals surface area contributed by atoms with Gasteiger partial charge in [-0.05, 0) is 37.5 Å². The van der Waals surface area contributed by atoms with Crippen LogP contribution >= 0.6 is 0 Å². The Balaban J connectivity index is 2.67. The summed E-state index contributed by atoms with van der Waals surface area (Å²) < 4.78 is 5.62. The van der Waals surface area contributed by atoms with E-state index >= 15 is 0 Å². The number of aliphatic hydroxyl groups is 1. The standard InChI is InChI=1S/C14H23NO2/c1-10(2)14(4,16)9-17-13-7-5-6-12(8-13)11(3)15/h5-8,10-11,16H,9,15H2,1-4H3/t11-,14?/m1/s1. The van der Waals surface area contributed by atoms with Crippen LogP contribution in [0.4, 0.5) is 0 Å². The maximum Gasteiger partial charge on any atom is 0.119 e. The zero-order chi connectivity index (χ0) is 13.1. The highest BCUT2D eigenvalue weighted by Crippen LogP contribution is 2.21. The van der Waals surface area contributed by atoms with Crippen molar-refractivity contribution in [2.75, 3.05) is 6.61 Å².